The Morgan fingerprint density at radius 2 is 1.73 bits per heavy atom. The van der Waals surface area contributed by atoms with E-state index < -0.39 is 10.7 Å². The van der Waals surface area contributed by atoms with E-state index in [1.807, 2.05) is 54.6 Å². The summed E-state index contributed by atoms with van der Waals surface area (Å²) in [6.45, 7) is 3.36. The number of thiazole rings is 1. The van der Waals surface area contributed by atoms with Crippen molar-refractivity contribution in [3.63, 3.8) is 0 Å². The first-order valence-electron chi connectivity index (χ1n) is 7.95. The van der Waals surface area contributed by atoms with Crippen LogP contribution in [0.1, 0.15) is 24.3 Å². The Hall–Kier alpha value is -2.44. The molecule has 1 N–H and O–H groups in total. The van der Waals surface area contributed by atoms with Gasteiger partial charge < -0.3 is 5.11 Å². The van der Waals surface area contributed by atoms with Gasteiger partial charge in [0.2, 0.25) is 0 Å². The van der Waals surface area contributed by atoms with Gasteiger partial charge in [-0.2, -0.15) is 0 Å². The molecule has 132 valence electrons. The monoisotopic (exact) mass is 383 g/mol. The first-order valence-corrected chi connectivity index (χ1v) is 9.58. The lowest BCUT2D eigenvalue weighted by molar-refractivity contribution is -0.138. The first kappa shape index (κ1) is 18.4. The van der Waals surface area contributed by atoms with E-state index in [-0.39, 0.29) is 0 Å². The topological polar surface area (TPSA) is 67.3 Å². The molecule has 0 fully saturated rings. The lowest BCUT2D eigenvalue weighted by atomic mass is 10.1. The number of hydrogen-bond acceptors (Lipinski definition) is 5. The van der Waals surface area contributed by atoms with Crippen LogP contribution in [-0.2, 0) is 4.79 Å². The van der Waals surface area contributed by atoms with E-state index >= 15 is 0 Å². The molecule has 0 aliphatic heterocycles. The van der Waals surface area contributed by atoms with Crippen LogP contribution in [0.2, 0.25) is 0 Å². The second-order valence-corrected chi connectivity index (χ2v) is 8.85. The molecular weight excluding hydrogens is 366 g/mol. The average Bonchev–Trinajstić information content (AvgIpc) is 3.07. The molecule has 2 aromatic carbocycles. The van der Waals surface area contributed by atoms with Gasteiger partial charge >= 0.3 is 5.97 Å². The predicted octanol–water partition coefficient (Wildman–Crippen LogP) is 5.24. The summed E-state index contributed by atoms with van der Waals surface area (Å²) in [5.41, 5.74) is 2.30. The highest BCUT2D eigenvalue weighted by Crippen LogP contribution is 2.37. The molecule has 0 saturated carbocycles. The van der Waals surface area contributed by atoms with Gasteiger partial charge in [-0.25, -0.2) is 4.98 Å². The molecule has 1 heterocycles. The number of carboxylic acid groups (broad SMARTS) is 1. The zero-order valence-electron chi connectivity index (χ0n) is 14.3. The Kier molecular flexibility index (Phi) is 5.25. The van der Waals surface area contributed by atoms with Crippen LogP contribution >= 0.6 is 23.1 Å². The molecule has 0 amide bonds. The highest BCUT2D eigenvalue weighted by Gasteiger charge is 2.28. The van der Waals surface area contributed by atoms with Crippen LogP contribution in [0.5, 0.6) is 0 Å². The molecule has 3 aromatic rings. The maximum atomic E-state index is 11.4. The number of aliphatic carboxylic acids is 1. The number of benzene rings is 2. The minimum absolute atomic E-state index is 0.432. The number of carboxylic acids is 1. The fraction of sp³-hybridized carbons (Fsp3) is 0.150. The third-order valence-corrected chi connectivity index (χ3v) is 6.15. The quantitative estimate of drug-likeness (QED) is 0.465. The van der Waals surface area contributed by atoms with E-state index in [0.717, 1.165) is 32.2 Å². The molecule has 0 spiro atoms. The molecule has 26 heavy (non-hydrogen) atoms. The number of thioether (sulfide) groups is 1. The third-order valence-electron chi connectivity index (χ3n) is 3.79. The van der Waals surface area contributed by atoms with Crippen LogP contribution in [0.15, 0.2) is 59.5 Å². The first-order chi connectivity index (χ1) is 12.4. The molecule has 4 nitrogen and oxygen atoms in total. The van der Waals surface area contributed by atoms with Crippen molar-refractivity contribution in [2.45, 2.75) is 23.5 Å². The lowest BCUT2D eigenvalue weighted by Crippen LogP contribution is -2.26. The third kappa shape index (κ3) is 3.86. The molecular formula is C20H17NO3S2. The molecule has 3 rings (SSSR count). The summed E-state index contributed by atoms with van der Waals surface area (Å²) in [4.78, 5) is 28.8. The summed E-state index contributed by atoms with van der Waals surface area (Å²) < 4.78 is -0.895. The van der Waals surface area contributed by atoms with Gasteiger partial charge in [-0.3, -0.25) is 9.59 Å². The maximum absolute atomic E-state index is 11.4. The Labute approximate surface area is 159 Å². The minimum atomic E-state index is -0.895. The highest BCUT2D eigenvalue weighted by molar-refractivity contribution is 8.01. The summed E-state index contributed by atoms with van der Waals surface area (Å²) in [6.07, 6.45) is 0.780. The second-order valence-electron chi connectivity index (χ2n) is 6.16. The van der Waals surface area contributed by atoms with Crippen LogP contribution in [0.25, 0.3) is 21.0 Å². The van der Waals surface area contributed by atoms with Crippen molar-refractivity contribution < 1.29 is 14.7 Å². The van der Waals surface area contributed by atoms with Gasteiger partial charge in [-0.1, -0.05) is 42.5 Å². The van der Waals surface area contributed by atoms with Crippen molar-refractivity contribution in [2.75, 3.05) is 0 Å². The summed E-state index contributed by atoms with van der Waals surface area (Å²) >= 11 is 2.77. The number of carbonyl (C=O) groups is 2. The number of hydrogen-bond donors (Lipinski definition) is 1. The van der Waals surface area contributed by atoms with E-state index in [0.29, 0.717) is 5.69 Å². The number of aldehydes is 1. The Morgan fingerprint density at radius 3 is 2.31 bits per heavy atom. The Morgan fingerprint density at radius 1 is 1.08 bits per heavy atom. The molecule has 0 saturated heterocycles. The fourth-order valence-corrected chi connectivity index (χ4v) is 4.33. The highest BCUT2D eigenvalue weighted by atomic mass is 32.2. The summed E-state index contributed by atoms with van der Waals surface area (Å²) in [6, 6.07) is 17.3. The van der Waals surface area contributed by atoms with Gasteiger partial charge in [-0.15, -0.1) is 23.1 Å². The van der Waals surface area contributed by atoms with Gasteiger partial charge in [0.1, 0.15) is 15.4 Å². The van der Waals surface area contributed by atoms with E-state index in [1.165, 1.54) is 23.1 Å². The van der Waals surface area contributed by atoms with Gasteiger partial charge in [0.25, 0.3) is 0 Å². The van der Waals surface area contributed by atoms with Crippen molar-refractivity contribution >= 4 is 35.4 Å². The van der Waals surface area contributed by atoms with E-state index in [2.05, 4.69) is 4.98 Å². The Balaban J connectivity index is 1.89. The van der Waals surface area contributed by atoms with E-state index in [4.69, 9.17) is 0 Å². The van der Waals surface area contributed by atoms with Gasteiger partial charge in [0.05, 0.1) is 4.88 Å². The van der Waals surface area contributed by atoms with Crippen molar-refractivity contribution in [3.8, 4) is 21.0 Å². The van der Waals surface area contributed by atoms with E-state index in [1.54, 1.807) is 13.8 Å². The van der Waals surface area contributed by atoms with Gasteiger partial charge in [0, 0.05) is 10.5 Å². The predicted molar refractivity (Wildman–Crippen MR) is 106 cm³/mol. The normalized spacial score (nSPS) is 11.3. The summed E-state index contributed by atoms with van der Waals surface area (Å²) in [7, 11) is 0. The maximum Gasteiger partial charge on any atom is 0.319 e. The van der Waals surface area contributed by atoms with Gasteiger partial charge in [-0.05, 0) is 31.5 Å². The SMILES string of the molecule is CC(C)(Sc1ccc(-c2nc(C=O)c(-c3ccccc3)s2)cc1)C(=O)O. The fourth-order valence-electron chi connectivity index (χ4n) is 2.34. The number of rotatable bonds is 6. The molecule has 0 unspecified atom stereocenters. The molecule has 0 aliphatic rings. The standard InChI is InChI=1S/C20H17NO3S2/c1-20(2,19(23)24)26-15-10-8-14(9-11-15)18-21-16(12-22)17(25-18)13-6-4-3-5-7-13/h3-12H,1-2H3,(H,23,24). The summed E-state index contributed by atoms with van der Waals surface area (Å²) in [5.74, 6) is -0.852. The molecule has 0 atom stereocenters. The van der Waals surface area contributed by atoms with Crippen molar-refractivity contribution in [1.82, 2.24) is 4.98 Å². The minimum Gasteiger partial charge on any atom is -0.480 e. The molecule has 0 radical (unpaired) electrons. The Bertz CT molecular complexity index is 931. The van der Waals surface area contributed by atoms with Crippen LogP contribution in [0.4, 0.5) is 0 Å². The largest absolute Gasteiger partial charge is 0.480 e. The summed E-state index contributed by atoms with van der Waals surface area (Å²) in [5, 5.41) is 10.0. The van der Waals surface area contributed by atoms with Crippen molar-refractivity contribution in [1.29, 1.82) is 0 Å². The lowest BCUT2D eigenvalue weighted by Gasteiger charge is -2.18. The van der Waals surface area contributed by atoms with Crippen LogP contribution in [0.3, 0.4) is 0 Å². The number of aromatic nitrogens is 1. The van der Waals surface area contributed by atoms with Gasteiger partial charge in [0.15, 0.2) is 6.29 Å². The molecule has 6 heteroatoms. The molecule has 0 aliphatic carbocycles. The average molecular weight is 383 g/mol. The van der Waals surface area contributed by atoms with Crippen molar-refractivity contribution in [3.05, 3.63) is 60.3 Å². The second kappa shape index (κ2) is 7.43. The van der Waals surface area contributed by atoms with Crippen molar-refractivity contribution in [2.24, 2.45) is 0 Å². The zero-order valence-corrected chi connectivity index (χ0v) is 15.9. The zero-order chi connectivity index (χ0) is 18.7. The molecule has 1 aromatic heterocycles. The molecule has 0 bridgehead atoms. The van der Waals surface area contributed by atoms with Crippen LogP contribution in [-0.4, -0.2) is 27.1 Å². The number of nitrogens with zero attached hydrogens (tertiary/aromatic N) is 1. The van der Waals surface area contributed by atoms with Crippen LogP contribution < -0.4 is 0 Å². The smallest absolute Gasteiger partial charge is 0.319 e. The van der Waals surface area contributed by atoms with E-state index in [9.17, 15) is 14.7 Å². The van der Waals surface area contributed by atoms with Crippen LogP contribution in [0, 0.1) is 0 Å². The number of carbonyl (C=O) groups excluding carboxylic acids is 1.